The van der Waals surface area contributed by atoms with E-state index in [-0.39, 0.29) is 18.4 Å². The summed E-state index contributed by atoms with van der Waals surface area (Å²) in [6.45, 7) is 3.09. The molecular formula is C19H20N2O4. The SMILES string of the molecule is CC(=O)N[C@H](C)C(=O)Nc1cccc(C(=O)OCc2ccccc2)c1. The lowest BCUT2D eigenvalue weighted by atomic mass is 10.2. The molecule has 2 aromatic rings. The molecule has 2 rings (SSSR count). The topological polar surface area (TPSA) is 84.5 Å². The van der Waals surface area contributed by atoms with Crippen LogP contribution in [0.15, 0.2) is 54.6 Å². The van der Waals surface area contributed by atoms with Crippen molar-refractivity contribution < 1.29 is 19.1 Å². The van der Waals surface area contributed by atoms with Crippen molar-refractivity contribution >= 4 is 23.5 Å². The van der Waals surface area contributed by atoms with E-state index >= 15 is 0 Å². The Morgan fingerprint density at radius 2 is 1.76 bits per heavy atom. The summed E-state index contributed by atoms with van der Waals surface area (Å²) >= 11 is 0. The maximum absolute atomic E-state index is 12.1. The van der Waals surface area contributed by atoms with Gasteiger partial charge >= 0.3 is 5.97 Å². The molecule has 6 nitrogen and oxygen atoms in total. The summed E-state index contributed by atoms with van der Waals surface area (Å²) in [4.78, 5) is 35.1. The smallest absolute Gasteiger partial charge is 0.338 e. The molecule has 2 N–H and O–H groups in total. The van der Waals surface area contributed by atoms with Gasteiger partial charge in [-0.3, -0.25) is 9.59 Å². The number of ether oxygens (including phenoxy) is 1. The normalized spacial score (nSPS) is 11.3. The van der Waals surface area contributed by atoms with Gasteiger partial charge in [0.2, 0.25) is 11.8 Å². The highest BCUT2D eigenvalue weighted by Gasteiger charge is 2.15. The van der Waals surface area contributed by atoms with Crippen LogP contribution < -0.4 is 10.6 Å². The van der Waals surface area contributed by atoms with Crippen LogP contribution in [0.1, 0.15) is 29.8 Å². The molecule has 0 saturated heterocycles. The summed E-state index contributed by atoms with van der Waals surface area (Å²) < 4.78 is 5.27. The molecular weight excluding hydrogens is 320 g/mol. The van der Waals surface area contributed by atoms with Crippen LogP contribution in [0.5, 0.6) is 0 Å². The minimum atomic E-state index is -0.675. The Balaban J connectivity index is 1.96. The fourth-order valence-corrected chi connectivity index (χ4v) is 2.15. The zero-order valence-corrected chi connectivity index (χ0v) is 14.1. The van der Waals surface area contributed by atoms with E-state index in [1.54, 1.807) is 25.1 Å². The van der Waals surface area contributed by atoms with Gasteiger partial charge in [-0.1, -0.05) is 36.4 Å². The van der Waals surface area contributed by atoms with Crippen LogP contribution >= 0.6 is 0 Å². The fraction of sp³-hybridized carbons (Fsp3) is 0.211. The van der Waals surface area contributed by atoms with Crippen LogP contribution in [0.25, 0.3) is 0 Å². The molecule has 0 unspecified atom stereocenters. The predicted octanol–water partition coefficient (Wildman–Crippen LogP) is 2.51. The maximum Gasteiger partial charge on any atom is 0.338 e. The van der Waals surface area contributed by atoms with Gasteiger partial charge in [-0.25, -0.2) is 4.79 Å². The van der Waals surface area contributed by atoms with E-state index in [1.165, 1.54) is 13.0 Å². The van der Waals surface area contributed by atoms with Crippen LogP contribution in [-0.4, -0.2) is 23.8 Å². The highest BCUT2D eigenvalue weighted by Crippen LogP contribution is 2.13. The third kappa shape index (κ3) is 5.76. The molecule has 2 aromatic carbocycles. The zero-order valence-electron chi connectivity index (χ0n) is 14.1. The molecule has 0 aliphatic carbocycles. The molecule has 25 heavy (non-hydrogen) atoms. The average molecular weight is 340 g/mol. The number of hydrogen-bond donors (Lipinski definition) is 2. The molecule has 0 radical (unpaired) electrons. The maximum atomic E-state index is 12.1. The van der Waals surface area contributed by atoms with Gasteiger partial charge in [-0.15, -0.1) is 0 Å². The molecule has 2 amide bonds. The van der Waals surface area contributed by atoms with Gasteiger partial charge in [-0.2, -0.15) is 0 Å². The standard InChI is InChI=1S/C19H20N2O4/c1-13(20-14(2)22)18(23)21-17-10-6-9-16(11-17)19(24)25-12-15-7-4-3-5-8-15/h3-11,13H,12H2,1-2H3,(H,20,22)(H,21,23)/t13-/m1/s1. The van der Waals surface area contributed by atoms with Crippen LogP contribution in [-0.2, 0) is 20.9 Å². The molecule has 130 valence electrons. The van der Waals surface area contributed by atoms with Crippen molar-refractivity contribution in [3.8, 4) is 0 Å². The van der Waals surface area contributed by atoms with E-state index in [2.05, 4.69) is 10.6 Å². The van der Waals surface area contributed by atoms with Gasteiger partial charge in [0, 0.05) is 12.6 Å². The Morgan fingerprint density at radius 1 is 1.04 bits per heavy atom. The largest absolute Gasteiger partial charge is 0.457 e. The molecule has 0 fully saturated rings. The van der Waals surface area contributed by atoms with Gasteiger partial charge in [0.1, 0.15) is 12.6 Å². The number of esters is 1. The highest BCUT2D eigenvalue weighted by atomic mass is 16.5. The van der Waals surface area contributed by atoms with E-state index in [0.717, 1.165) is 5.56 Å². The number of carbonyl (C=O) groups excluding carboxylic acids is 3. The van der Waals surface area contributed by atoms with Crippen LogP contribution in [0.3, 0.4) is 0 Å². The van der Waals surface area contributed by atoms with Crippen LogP contribution in [0.2, 0.25) is 0 Å². The lowest BCUT2D eigenvalue weighted by molar-refractivity contribution is -0.124. The van der Waals surface area contributed by atoms with Crippen molar-refractivity contribution in [1.82, 2.24) is 5.32 Å². The summed E-state index contributed by atoms with van der Waals surface area (Å²) in [6, 6.07) is 15.1. The summed E-state index contributed by atoms with van der Waals surface area (Å²) in [6.07, 6.45) is 0. The van der Waals surface area contributed by atoms with Gasteiger partial charge in [-0.05, 0) is 30.7 Å². The average Bonchev–Trinajstić information content (AvgIpc) is 2.60. The number of carbonyl (C=O) groups is 3. The van der Waals surface area contributed by atoms with E-state index in [9.17, 15) is 14.4 Å². The van der Waals surface area contributed by atoms with E-state index in [0.29, 0.717) is 11.3 Å². The van der Waals surface area contributed by atoms with Gasteiger partial charge < -0.3 is 15.4 Å². The Hall–Kier alpha value is -3.15. The van der Waals surface area contributed by atoms with Crippen molar-refractivity contribution in [2.24, 2.45) is 0 Å². The van der Waals surface area contributed by atoms with Gasteiger partial charge in [0.15, 0.2) is 0 Å². The Kier molecular flexibility index (Phi) is 6.28. The second-order valence-electron chi connectivity index (χ2n) is 5.55. The quantitative estimate of drug-likeness (QED) is 0.791. The second kappa shape index (κ2) is 8.63. The lowest BCUT2D eigenvalue weighted by Gasteiger charge is -2.13. The van der Waals surface area contributed by atoms with Crippen molar-refractivity contribution in [3.05, 3.63) is 65.7 Å². The zero-order chi connectivity index (χ0) is 18.2. The molecule has 0 saturated carbocycles. The minimum Gasteiger partial charge on any atom is -0.457 e. The Bertz CT molecular complexity index is 759. The lowest BCUT2D eigenvalue weighted by Crippen LogP contribution is -2.40. The van der Waals surface area contributed by atoms with Crippen molar-refractivity contribution in [2.45, 2.75) is 26.5 Å². The molecule has 6 heteroatoms. The molecule has 0 spiro atoms. The molecule has 0 bridgehead atoms. The first-order valence-electron chi connectivity index (χ1n) is 7.85. The molecule has 0 aromatic heterocycles. The summed E-state index contributed by atoms with van der Waals surface area (Å²) in [7, 11) is 0. The third-order valence-electron chi connectivity index (χ3n) is 3.39. The van der Waals surface area contributed by atoms with Crippen molar-refractivity contribution in [3.63, 3.8) is 0 Å². The first kappa shape index (κ1) is 18.2. The molecule has 0 heterocycles. The Labute approximate surface area is 146 Å². The van der Waals surface area contributed by atoms with Gasteiger partial charge in [0.25, 0.3) is 0 Å². The van der Waals surface area contributed by atoms with E-state index < -0.39 is 12.0 Å². The van der Waals surface area contributed by atoms with E-state index in [1.807, 2.05) is 30.3 Å². The second-order valence-corrected chi connectivity index (χ2v) is 5.55. The number of nitrogens with one attached hydrogen (secondary N) is 2. The minimum absolute atomic E-state index is 0.176. The number of rotatable bonds is 6. The summed E-state index contributed by atoms with van der Waals surface area (Å²) in [5.74, 6) is -1.14. The number of hydrogen-bond acceptors (Lipinski definition) is 4. The fourth-order valence-electron chi connectivity index (χ4n) is 2.15. The molecule has 0 aliphatic rings. The van der Waals surface area contributed by atoms with Crippen LogP contribution in [0.4, 0.5) is 5.69 Å². The van der Waals surface area contributed by atoms with Crippen molar-refractivity contribution in [1.29, 1.82) is 0 Å². The number of benzene rings is 2. The summed E-state index contributed by atoms with van der Waals surface area (Å²) in [5.41, 5.74) is 1.68. The summed E-state index contributed by atoms with van der Waals surface area (Å²) in [5, 5.41) is 5.15. The van der Waals surface area contributed by atoms with Gasteiger partial charge in [0.05, 0.1) is 5.56 Å². The number of anilines is 1. The monoisotopic (exact) mass is 340 g/mol. The predicted molar refractivity (Wildman–Crippen MR) is 93.9 cm³/mol. The first-order valence-corrected chi connectivity index (χ1v) is 7.85. The van der Waals surface area contributed by atoms with E-state index in [4.69, 9.17) is 4.74 Å². The third-order valence-corrected chi connectivity index (χ3v) is 3.39. The molecule has 1 atom stereocenters. The van der Waals surface area contributed by atoms with Crippen molar-refractivity contribution in [2.75, 3.05) is 5.32 Å². The Morgan fingerprint density at radius 3 is 2.44 bits per heavy atom. The first-order chi connectivity index (χ1) is 12.0. The molecule has 0 aliphatic heterocycles. The number of amides is 2. The highest BCUT2D eigenvalue weighted by molar-refractivity contribution is 5.98. The van der Waals surface area contributed by atoms with Crippen LogP contribution in [0, 0.1) is 0 Å².